The zero-order valence-electron chi connectivity index (χ0n) is 15.5. The molecular weight excluding hydrogens is 423 g/mol. The number of esters is 1. The first-order valence-corrected chi connectivity index (χ1v) is 9.54. The van der Waals surface area contributed by atoms with Gasteiger partial charge in [-0.05, 0) is 17.7 Å². The van der Waals surface area contributed by atoms with Crippen LogP contribution in [-0.4, -0.2) is 54.5 Å². The van der Waals surface area contributed by atoms with Crippen LogP contribution in [0.3, 0.4) is 0 Å². The van der Waals surface area contributed by atoms with E-state index < -0.39 is 30.6 Å². The number of carbonyl (C=O) groups excluding carboxylic acids is 1. The molecule has 0 spiro atoms. The van der Waals surface area contributed by atoms with E-state index in [0.717, 1.165) is 5.56 Å². The first-order valence-electron chi connectivity index (χ1n) is 8.78. The van der Waals surface area contributed by atoms with Gasteiger partial charge in [-0.1, -0.05) is 53.5 Å². The highest BCUT2D eigenvalue weighted by molar-refractivity contribution is 6.37. The number of ether oxygens (including phenoxy) is 4. The van der Waals surface area contributed by atoms with Crippen molar-refractivity contribution in [2.75, 3.05) is 13.7 Å². The van der Waals surface area contributed by atoms with Crippen molar-refractivity contribution in [1.29, 1.82) is 0 Å². The van der Waals surface area contributed by atoms with Crippen LogP contribution in [0.25, 0.3) is 0 Å². The average molecular weight is 443 g/mol. The Morgan fingerprint density at radius 2 is 1.79 bits per heavy atom. The molecule has 1 aliphatic rings. The van der Waals surface area contributed by atoms with Gasteiger partial charge in [-0.25, -0.2) is 4.79 Å². The molecule has 7 nitrogen and oxygen atoms in total. The molecule has 156 valence electrons. The molecule has 0 aliphatic carbocycles. The second kappa shape index (κ2) is 9.75. The third kappa shape index (κ3) is 5.01. The van der Waals surface area contributed by atoms with Crippen molar-refractivity contribution in [2.45, 2.75) is 31.2 Å². The van der Waals surface area contributed by atoms with E-state index in [0.29, 0.717) is 0 Å². The van der Waals surface area contributed by atoms with Crippen molar-refractivity contribution in [3.05, 3.63) is 63.6 Å². The molecule has 0 saturated carbocycles. The van der Waals surface area contributed by atoms with Gasteiger partial charge in [0.25, 0.3) is 0 Å². The van der Waals surface area contributed by atoms with Crippen LogP contribution in [0.4, 0.5) is 0 Å². The molecule has 29 heavy (non-hydrogen) atoms. The number of hydrogen-bond acceptors (Lipinski definition) is 7. The molecule has 1 saturated heterocycles. The molecule has 1 fully saturated rings. The summed E-state index contributed by atoms with van der Waals surface area (Å²) >= 11 is 12.1. The lowest BCUT2D eigenvalue weighted by Crippen LogP contribution is -2.55. The third-order valence-corrected chi connectivity index (χ3v) is 5.03. The molecule has 0 unspecified atom stereocenters. The number of hydrogen-bond donors (Lipinski definition) is 2. The van der Waals surface area contributed by atoms with Gasteiger partial charge in [0.15, 0.2) is 18.1 Å². The summed E-state index contributed by atoms with van der Waals surface area (Å²) in [5.41, 5.74) is 0.805. The van der Waals surface area contributed by atoms with E-state index in [9.17, 15) is 15.0 Å². The van der Waals surface area contributed by atoms with Crippen molar-refractivity contribution in [1.82, 2.24) is 0 Å². The molecule has 0 radical (unpaired) electrons. The Kier molecular flexibility index (Phi) is 7.34. The van der Waals surface area contributed by atoms with Crippen LogP contribution in [0.15, 0.2) is 42.5 Å². The van der Waals surface area contributed by atoms with Crippen molar-refractivity contribution >= 4 is 29.2 Å². The molecule has 4 atom stereocenters. The standard InChI is InChI=1S/C20H20Cl2O7/c1-26-18-13(22)8-7-12(21)15(18)19(25)29-14-10-28-20(17(24)16(14)23)27-9-11-5-3-2-4-6-11/h2-8,14,16-17,20,23-24H,9-10H2,1H3/t14-,16-,17+,20+/m0/s1. The van der Waals surface area contributed by atoms with E-state index in [-0.39, 0.29) is 34.6 Å². The minimum atomic E-state index is -1.42. The van der Waals surface area contributed by atoms with Gasteiger partial charge in [0.2, 0.25) is 0 Å². The lowest BCUT2D eigenvalue weighted by Gasteiger charge is -2.36. The van der Waals surface area contributed by atoms with Gasteiger partial charge in [0, 0.05) is 0 Å². The highest BCUT2D eigenvalue weighted by Crippen LogP contribution is 2.35. The molecule has 0 bridgehead atoms. The zero-order valence-corrected chi connectivity index (χ0v) is 17.0. The fraction of sp³-hybridized carbons (Fsp3) is 0.350. The number of rotatable bonds is 6. The van der Waals surface area contributed by atoms with Gasteiger partial charge in [-0.3, -0.25) is 0 Å². The second-order valence-corrected chi connectivity index (χ2v) is 7.18. The fourth-order valence-electron chi connectivity index (χ4n) is 2.89. The topological polar surface area (TPSA) is 94.5 Å². The Labute approximate surface area is 177 Å². The van der Waals surface area contributed by atoms with Gasteiger partial charge in [-0.2, -0.15) is 0 Å². The molecule has 3 rings (SSSR count). The molecule has 2 N–H and O–H groups in total. The number of aliphatic hydroxyl groups excluding tert-OH is 2. The number of benzene rings is 2. The monoisotopic (exact) mass is 442 g/mol. The lowest BCUT2D eigenvalue weighted by atomic mass is 10.0. The molecule has 9 heteroatoms. The Balaban J connectivity index is 1.64. The zero-order chi connectivity index (χ0) is 21.0. The van der Waals surface area contributed by atoms with E-state index in [4.69, 9.17) is 42.1 Å². The van der Waals surface area contributed by atoms with Crippen molar-refractivity contribution in [3.8, 4) is 5.75 Å². The summed E-state index contributed by atoms with van der Waals surface area (Å²) in [5.74, 6) is -0.808. The highest BCUT2D eigenvalue weighted by Gasteiger charge is 2.41. The largest absolute Gasteiger partial charge is 0.494 e. The minimum absolute atomic E-state index is 0.0556. The molecule has 0 amide bonds. The number of methoxy groups -OCH3 is 1. The molecule has 1 aliphatic heterocycles. The van der Waals surface area contributed by atoms with Crippen LogP contribution in [0.5, 0.6) is 5.75 Å². The van der Waals surface area contributed by atoms with Gasteiger partial charge in [0.05, 0.1) is 30.4 Å². The van der Waals surface area contributed by atoms with Gasteiger partial charge in [0.1, 0.15) is 17.8 Å². The quantitative estimate of drug-likeness (QED) is 0.664. The molecule has 2 aromatic rings. The van der Waals surface area contributed by atoms with Crippen LogP contribution in [0, 0.1) is 0 Å². The summed E-state index contributed by atoms with van der Waals surface area (Å²) in [6, 6.07) is 12.2. The number of halogens is 2. The highest BCUT2D eigenvalue weighted by atomic mass is 35.5. The average Bonchev–Trinajstić information content (AvgIpc) is 2.73. The summed E-state index contributed by atoms with van der Waals surface area (Å²) < 4.78 is 21.4. The van der Waals surface area contributed by atoms with Gasteiger partial charge < -0.3 is 29.2 Å². The first-order chi connectivity index (χ1) is 13.9. The first kappa shape index (κ1) is 21.8. The van der Waals surface area contributed by atoms with Crippen LogP contribution < -0.4 is 4.74 Å². The van der Waals surface area contributed by atoms with Gasteiger partial charge in [-0.15, -0.1) is 0 Å². The Morgan fingerprint density at radius 3 is 2.48 bits per heavy atom. The van der Waals surface area contributed by atoms with E-state index in [1.165, 1.54) is 19.2 Å². The molecule has 1 heterocycles. The van der Waals surface area contributed by atoms with E-state index in [1.807, 2.05) is 30.3 Å². The molecule has 2 aromatic carbocycles. The van der Waals surface area contributed by atoms with Crippen LogP contribution in [0.2, 0.25) is 10.0 Å². The number of aliphatic hydroxyl groups is 2. The maximum absolute atomic E-state index is 12.6. The van der Waals surface area contributed by atoms with E-state index in [1.54, 1.807) is 0 Å². The van der Waals surface area contributed by atoms with Crippen LogP contribution >= 0.6 is 23.2 Å². The number of carbonyl (C=O) groups is 1. The lowest BCUT2D eigenvalue weighted by molar-refractivity contribution is -0.273. The second-order valence-electron chi connectivity index (χ2n) is 6.36. The SMILES string of the molecule is COc1c(Cl)ccc(Cl)c1C(=O)O[C@H]1CO[C@@H](OCc2ccccc2)[C@H](O)[C@H]1O. The Hall–Kier alpha value is -1.87. The predicted molar refractivity (Wildman–Crippen MR) is 105 cm³/mol. The van der Waals surface area contributed by atoms with Crippen molar-refractivity contribution in [2.24, 2.45) is 0 Å². The van der Waals surface area contributed by atoms with Crippen LogP contribution in [0.1, 0.15) is 15.9 Å². The maximum Gasteiger partial charge on any atom is 0.343 e. The summed E-state index contributed by atoms with van der Waals surface area (Å²) in [5, 5.41) is 20.9. The van der Waals surface area contributed by atoms with Crippen molar-refractivity contribution < 1.29 is 34.0 Å². The van der Waals surface area contributed by atoms with Crippen LogP contribution in [-0.2, 0) is 20.8 Å². The fourth-order valence-corrected chi connectivity index (χ4v) is 3.35. The molecular formula is C20H20Cl2O7. The van der Waals surface area contributed by atoms with E-state index in [2.05, 4.69) is 0 Å². The summed E-state index contributed by atoms with van der Waals surface area (Å²) in [7, 11) is 1.34. The predicted octanol–water partition coefficient (Wildman–Crippen LogP) is 2.82. The summed E-state index contributed by atoms with van der Waals surface area (Å²) in [6.07, 6.45) is -5.03. The molecule has 0 aromatic heterocycles. The van der Waals surface area contributed by atoms with E-state index >= 15 is 0 Å². The summed E-state index contributed by atoms with van der Waals surface area (Å²) in [4.78, 5) is 12.6. The van der Waals surface area contributed by atoms with Crippen molar-refractivity contribution in [3.63, 3.8) is 0 Å². The van der Waals surface area contributed by atoms with Gasteiger partial charge >= 0.3 is 5.97 Å². The Bertz CT molecular complexity index is 846. The Morgan fingerprint density at radius 1 is 1.10 bits per heavy atom. The third-order valence-electron chi connectivity index (χ3n) is 4.42. The minimum Gasteiger partial charge on any atom is -0.494 e. The normalized spacial score (nSPS) is 24.2. The summed E-state index contributed by atoms with van der Waals surface area (Å²) in [6.45, 7) is 0.0129. The smallest absolute Gasteiger partial charge is 0.343 e. The maximum atomic E-state index is 12.6.